The SMILES string of the molecule is CNC(=O)CN1CCN(c2ccc3[nH]c(-c4cn5ncnc5c(C)c4C)c(C(C)C)c3n2)[C@@H](C)C1. The molecule has 0 aromatic carbocycles. The summed E-state index contributed by atoms with van der Waals surface area (Å²) < 4.78 is 1.85. The van der Waals surface area contributed by atoms with Crippen molar-refractivity contribution in [1.82, 2.24) is 34.8 Å². The Balaban J connectivity index is 1.54. The number of amides is 1. The van der Waals surface area contributed by atoms with Crippen LogP contribution in [0.15, 0.2) is 24.7 Å². The first-order chi connectivity index (χ1) is 16.8. The van der Waals surface area contributed by atoms with Gasteiger partial charge in [-0.15, -0.1) is 0 Å². The van der Waals surface area contributed by atoms with Crippen molar-refractivity contribution in [3.63, 3.8) is 0 Å². The van der Waals surface area contributed by atoms with E-state index in [2.05, 4.69) is 83.1 Å². The molecule has 1 aliphatic heterocycles. The molecular formula is C26H34N8O. The van der Waals surface area contributed by atoms with Gasteiger partial charge in [-0.2, -0.15) is 5.10 Å². The van der Waals surface area contributed by atoms with Crippen LogP contribution >= 0.6 is 0 Å². The van der Waals surface area contributed by atoms with E-state index < -0.39 is 0 Å². The van der Waals surface area contributed by atoms with Crippen molar-refractivity contribution in [3.8, 4) is 11.3 Å². The van der Waals surface area contributed by atoms with Crippen molar-refractivity contribution in [2.75, 3.05) is 38.1 Å². The molecule has 184 valence electrons. The minimum Gasteiger partial charge on any atom is -0.358 e. The highest BCUT2D eigenvalue weighted by atomic mass is 16.1. The van der Waals surface area contributed by atoms with Crippen LogP contribution in [-0.4, -0.2) is 74.6 Å². The van der Waals surface area contributed by atoms with E-state index in [-0.39, 0.29) is 17.9 Å². The molecule has 5 rings (SSSR count). The van der Waals surface area contributed by atoms with Crippen molar-refractivity contribution in [2.24, 2.45) is 0 Å². The van der Waals surface area contributed by atoms with Crippen molar-refractivity contribution in [3.05, 3.63) is 41.3 Å². The largest absolute Gasteiger partial charge is 0.358 e. The van der Waals surface area contributed by atoms with Gasteiger partial charge >= 0.3 is 0 Å². The Bertz CT molecular complexity index is 1400. The third-order valence-corrected chi connectivity index (χ3v) is 7.29. The number of anilines is 1. The van der Waals surface area contributed by atoms with Gasteiger partial charge in [-0.3, -0.25) is 9.69 Å². The Morgan fingerprint density at radius 3 is 2.74 bits per heavy atom. The monoisotopic (exact) mass is 474 g/mol. The number of hydrogen-bond donors (Lipinski definition) is 2. The second-order valence-corrected chi connectivity index (χ2v) is 9.91. The highest BCUT2D eigenvalue weighted by Gasteiger charge is 2.27. The molecule has 0 radical (unpaired) electrons. The zero-order valence-corrected chi connectivity index (χ0v) is 21.4. The van der Waals surface area contributed by atoms with Crippen molar-refractivity contribution in [1.29, 1.82) is 0 Å². The third-order valence-electron chi connectivity index (χ3n) is 7.29. The van der Waals surface area contributed by atoms with Crippen molar-refractivity contribution in [2.45, 2.75) is 46.6 Å². The highest BCUT2D eigenvalue weighted by molar-refractivity contribution is 5.90. The summed E-state index contributed by atoms with van der Waals surface area (Å²) in [6.45, 7) is 13.8. The van der Waals surface area contributed by atoms with Crippen molar-refractivity contribution >= 4 is 28.4 Å². The Kier molecular flexibility index (Phi) is 5.96. The molecule has 1 amide bonds. The quantitative estimate of drug-likeness (QED) is 0.461. The predicted octanol–water partition coefficient (Wildman–Crippen LogP) is 3.27. The van der Waals surface area contributed by atoms with Crippen LogP contribution < -0.4 is 10.2 Å². The Labute approximate surface area is 205 Å². The van der Waals surface area contributed by atoms with Crippen LogP contribution in [0.25, 0.3) is 27.9 Å². The standard InChI is InChI=1S/C26H34N8O/c1-15(2)23-24(19-12-34-26(28-14-29-34)18(5)17(19)4)30-20-7-8-21(31-25(20)23)33-10-9-32(11-16(33)3)13-22(35)27-6/h7-8,12,14-16,30H,9-11,13H2,1-6H3,(H,27,35)/t16-/m0/s1. The van der Waals surface area contributed by atoms with E-state index in [9.17, 15) is 4.79 Å². The van der Waals surface area contributed by atoms with E-state index in [0.717, 1.165) is 59.0 Å². The van der Waals surface area contributed by atoms with E-state index in [1.807, 2.05) is 4.52 Å². The van der Waals surface area contributed by atoms with Gasteiger partial charge in [-0.05, 0) is 49.9 Å². The van der Waals surface area contributed by atoms with Crippen LogP contribution in [0.1, 0.15) is 43.4 Å². The molecule has 9 heteroatoms. The molecule has 0 saturated carbocycles. The number of H-pyrrole nitrogens is 1. The lowest BCUT2D eigenvalue weighted by atomic mass is 9.95. The lowest BCUT2D eigenvalue weighted by molar-refractivity contribution is -0.121. The van der Waals surface area contributed by atoms with E-state index in [4.69, 9.17) is 4.98 Å². The van der Waals surface area contributed by atoms with Gasteiger partial charge in [-0.1, -0.05) is 13.8 Å². The first-order valence-corrected chi connectivity index (χ1v) is 12.3. The number of hydrogen-bond acceptors (Lipinski definition) is 6. The van der Waals surface area contributed by atoms with Gasteiger partial charge in [0.05, 0.1) is 23.3 Å². The molecule has 5 heterocycles. The van der Waals surface area contributed by atoms with Crippen LogP contribution in [0, 0.1) is 13.8 Å². The van der Waals surface area contributed by atoms with Gasteiger partial charge in [-0.25, -0.2) is 14.5 Å². The minimum absolute atomic E-state index is 0.0567. The van der Waals surface area contributed by atoms with Gasteiger partial charge in [0, 0.05) is 50.0 Å². The molecule has 4 aromatic heterocycles. The summed E-state index contributed by atoms with van der Waals surface area (Å²) in [6, 6.07) is 4.52. The van der Waals surface area contributed by atoms with Gasteiger partial charge in [0.2, 0.25) is 5.91 Å². The molecule has 0 unspecified atom stereocenters. The number of nitrogens with one attached hydrogen (secondary N) is 2. The van der Waals surface area contributed by atoms with Crippen molar-refractivity contribution < 1.29 is 4.79 Å². The fourth-order valence-electron chi connectivity index (χ4n) is 5.26. The Morgan fingerprint density at radius 2 is 2.03 bits per heavy atom. The number of rotatable bonds is 5. The number of aromatic nitrogens is 5. The van der Waals surface area contributed by atoms with Gasteiger partial charge in [0.1, 0.15) is 12.1 Å². The molecule has 1 fully saturated rings. The molecule has 9 nitrogen and oxygen atoms in total. The predicted molar refractivity (Wildman–Crippen MR) is 139 cm³/mol. The number of piperazine rings is 1. The first kappa shape index (κ1) is 23.3. The normalized spacial score (nSPS) is 17.1. The number of aromatic amines is 1. The maximum Gasteiger partial charge on any atom is 0.233 e. The average Bonchev–Trinajstić information content (AvgIpc) is 3.45. The van der Waals surface area contributed by atoms with Crippen LogP contribution in [0.5, 0.6) is 0 Å². The summed E-state index contributed by atoms with van der Waals surface area (Å²) in [7, 11) is 1.69. The summed E-state index contributed by atoms with van der Waals surface area (Å²) in [6.07, 6.45) is 3.67. The van der Waals surface area contributed by atoms with Crippen LogP contribution in [0.3, 0.4) is 0 Å². The minimum atomic E-state index is 0.0567. The second kappa shape index (κ2) is 8.96. The molecule has 2 N–H and O–H groups in total. The number of carbonyl (C=O) groups is 1. The summed E-state index contributed by atoms with van der Waals surface area (Å²) in [5.74, 6) is 1.33. The van der Waals surface area contributed by atoms with Crippen LogP contribution in [0.4, 0.5) is 5.82 Å². The first-order valence-electron chi connectivity index (χ1n) is 12.3. The third kappa shape index (κ3) is 4.03. The molecule has 0 spiro atoms. The fraction of sp³-hybridized carbons (Fsp3) is 0.462. The molecule has 1 aliphatic rings. The Morgan fingerprint density at radius 1 is 1.23 bits per heavy atom. The van der Waals surface area contributed by atoms with Crippen LogP contribution in [-0.2, 0) is 4.79 Å². The van der Waals surface area contributed by atoms with E-state index >= 15 is 0 Å². The molecule has 0 aliphatic carbocycles. The molecule has 1 saturated heterocycles. The lowest BCUT2D eigenvalue weighted by Gasteiger charge is -2.40. The molecule has 0 bridgehead atoms. The summed E-state index contributed by atoms with van der Waals surface area (Å²) in [5, 5.41) is 7.11. The average molecular weight is 475 g/mol. The number of carbonyl (C=O) groups excluding carboxylic acids is 1. The number of fused-ring (bicyclic) bond motifs is 2. The summed E-state index contributed by atoms with van der Waals surface area (Å²) in [5.41, 5.74) is 8.71. The van der Waals surface area contributed by atoms with Gasteiger partial charge in [0.15, 0.2) is 5.65 Å². The van der Waals surface area contributed by atoms with Gasteiger partial charge in [0.25, 0.3) is 0 Å². The smallest absolute Gasteiger partial charge is 0.233 e. The second-order valence-electron chi connectivity index (χ2n) is 9.91. The zero-order valence-electron chi connectivity index (χ0n) is 21.4. The van der Waals surface area contributed by atoms with Gasteiger partial charge < -0.3 is 15.2 Å². The zero-order chi connectivity index (χ0) is 24.9. The fourth-order valence-corrected chi connectivity index (χ4v) is 5.26. The number of nitrogens with zero attached hydrogens (tertiary/aromatic N) is 6. The molecular weight excluding hydrogens is 440 g/mol. The lowest BCUT2D eigenvalue weighted by Crippen LogP contribution is -2.54. The van der Waals surface area contributed by atoms with E-state index in [0.29, 0.717) is 6.54 Å². The van der Waals surface area contributed by atoms with Crippen LogP contribution in [0.2, 0.25) is 0 Å². The van der Waals surface area contributed by atoms with E-state index in [1.165, 1.54) is 11.1 Å². The maximum absolute atomic E-state index is 11.8. The number of likely N-dealkylation sites (N-methyl/N-ethyl adjacent to an activating group) is 1. The molecule has 4 aromatic rings. The topological polar surface area (TPSA) is 94.5 Å². The van der Waals surface area contributed by atoms with E-state index in [1.54, 1.807) is 13.4 Å². The summed E-state index contributed by atoms with van der Waals surface area (Å²) >= 11 is 0. The Hall–Kier alpha value is -3.46. The summed E-state index contributed by atoms with van der Waals surface area (Å²) in [4.78, 5) is 29.6. The molecule has 35 heavy (non-hydrogen) atoms. The molecule has 1 atom stereocenters. The maximum atomic E-state index is 11.8. The number of aryl methyl sites for hydroxylation is 1. The highest BCUT2D eigenvalue weighted by Crippen LogP contribution is 2.38. The number of pyridine rings is 2.